The van der Waals surface area contributed by atoms with E-state index in [2.05, 4.69) is 169 Å². The molecule has 268 valence electrons. The Bertz CT molecular complexity index is 3260. The average molecular weight is 899 g/mol. The van der Waals surface area contributed by atoms with Crippen LogP contribution in [0.15, 0.2) is 164 Å². The van der Waals surface area contributed by atoms with E-state index >= 15 is 0 Å². The molecule has 11 aromatic rings. The number of imidazole rings is 1. The molecule has 4 aromatic heterocycles. The predicted molar refractivity (Wildman–Crippen MR) is 226 cm³/mol. The number of hydrogen-bond acceptors (Lipinski definition) is 2. The molecule has 0 fully saturated rings. The van der Waals surface area contributed by atoms with Crippen molar-refractivity contribution >= 4 is 54.6 Å². The first-order valence-electron chi connectivity index (χ1n) is 18.6. The van der Waals surface area contributed by atoms with Crippen LogP contribution in [0.1, 0.15) is 11.1 Å². The zero-order valence-corrected chi connectivity index (χ0v) is 32.9. The predicted octanol–water partition coefficient (Wildman–Crippen LogP) is 12.2. The zero-order chi connectivity index (χ0) is 36.6. The number of rotatable bonds is 5. The van der Waals surface area contributed by atoms with Crippen LogP contribution in [0.2, 0.25) is 0 Å². The van der Waals surface area contributed by atoms with E-state index in [0.29, 0.717) is 0 Å². The van der Waals surface area contributed by atoms with Crippen LogP contribution in [0.25, 0.3) is 99.8 Å². The van der Waals surface area contributed by atoms with E-state index in [9.17, 15) is 0 Å². The normalized spacial score (nSPS) is 11.6. The molecule has 4 heterocycles. The monoisotopic (exact) mass is 898 g/mol. The molecule has 7 aromatic carbocycles. The number of aromatic nitrogens is 5. The Morgan fingerprint density at radius 2 is 1.32 bits per heavy atom. The number of pyridine rings is 1. The molecule has 56 heavy (non-hydrogen) atoms. The molecule has 5 nitrogen and oxygen atoms in total. The standard InChI is InChI=1S/C50H33N5.Pt/c1-31-13-10-14-32(2)47(31)34-25-27-43-41(29-34)38-26-24-33(30-45(38)55(43)46-23-8-9-28-51-46)36-18-12-22-44-49(36)53-50(54(44)35-15-4-3-5-16-35)40-20-11-19-39-37-17-6-7-21-42(37)52-48(39)40;/h3-29H,1-2H3;/q-2;+2. The quantitative estimate of drug-likeness (QED) is 0.162. The summed E-state index contributed by atoms with van der Waals surface area (Å²) in [6, 6.07) is 59.4. The van der Waals surface area contributed by atoms with Crippen molar-refractivity contribution in [3.05, 3.63) is 181 Å². The fraction of sp³-hybridized carbons (Fsp3) is 0.0400. The molecule has 0 atom stereocenters. The van der Waals surface area contributed by atoms with Crippen molar-refractivity contribution in [2.75, 3.05) is 0 Å². The second-order valence-electron chi connectivity index (χ2n) is 14.3. The maximum Gasteiger partial charge on any atom is 2.00 e. The van der Waals surface area contributed by atoms with Crippen LogP contribution in [0.4, 0.5) is 0 Å². The first kappa shape index (κ1) is 34.0. The van der Waals surface area contributed by atoms with Gasteiger partial charge in [-0.3, -0.25) is 4.57 Å². The fourth-order valence-electron chi connectivity index (χ4n) is 8.57. The van der Waals surface area contributed by atoms with Gasteiger partial charge >= 0.3 is 21.1 Å². The topological polar surface area (TPSA) is 49.7 Å². The Morgan fingerprint density at radius 1 is 0.571 bits per heavy atom. The van der Waals surface area contributed by atoms with Crippen molar-refractivity contribution in [3.63, 3.8) is 0 Å². The van der Waals surface area contributed by atoms with Crippen LogP contribution in [-0.4, -0.2) is 19.1 Å². The van der Waals surface area contributed by atoms with Gasteiger partial charge in [-0.2, -0.15) is 0 Å². The van der Waals surface area contributed by atoms with E-state index in [1.807, 2.05) is 24.4 Å². The van der Waals surface area contributed by atoms with Crippen LogP contribution >= 0.6 is 0 Å². The fourth-order valence-corrected chi connectivity index (χ4v) is 8.57. The van der Waals surface area contributed by atoms with E-state index in [4.69, 9.17) is 15.0 Å². The van der Waals surface area contributed by atoms with Crippen LogP contribution in [0.3, 0.4) is 0 Å². The Balaban J connectivity index is 0.00000384. The largest absolute Gasteiger partial charge is 2.00 e. The van der Waals surface area contributed by atoms with Gasteiger partial charge in [-0.25, -0.2) is 9.97 Å². The number of benzene rings is 7. The van der Waals surface area contributed by atoms with Gasteiger partial charge in [0.1, 0.15) is 11.6 Å². The summed E-state index contributed by atoms with van der Waals surface area (Å²) in [6.07, 6.45) is 1.85. The van der Waals surface area contributed by atoms with Crippen molar-refractivity contribution < 1.29 is 21.1 Å². The van der Waals surface area contributed by atoms with Gasteiger partial charge in [-0.1, -0.05) is 120 Å². The minimum Gasteiger partial charge on any atom is -0.656 e. The summed E-state index contributed by atoms with van der Waals surface area (Å²) >= 11 is 0. The second kappa shape index (κ2) is 13.3. The van der Waals surface area contributed by atoms with Crippen molar-refractivity contribution in [1.29, 1.82) is 0 Å². The Labute approximate surface area is 338 Å². The van der Waals surface area contributed by atoms with Crippen molar-refractivity contribution in [2.24, 2.45) is 0 Å². The van der Waals surface area contributed by atoms with Crippen molar-refractivity contribution in [1.82, 2.24) is 24.1 Å². The van der Waals surface area contributed by atoms with Crippen LogP contribution in [0.5, 0.6) is 0 Å². The van der Waals surface area contributed by atoms with Crippen molar-refractivity contribution in [3.8, 4) is 45.1 Å². The summed E-state index contributed by atoms with van der Waals surface area (Å²) < 4.78 is 4.51. The summed E-state index contributed by atoms with van der Waals surface area (Å²) in [4.78, 5) is 15.5. The van der Waals surface area contributed by atoms with Gasteiger partial charge in [0.25, 0.3) is 0 Å². The Morgan fingerprint density at radius 3 is 2.16 bits per heavy atom. The van der Waals surface area contributed by atoms with E-state index in [-0.39, 0.29) is 21.1 Å². The molecule has 0 spiro atoms. The van der Waals surface area contributed by atoms with Crippen LogP contribution in [0, 0.1) is 19.9 Å². The molecule has 0 N–H and O–H groups in total. The summed E-state index contributed by atoms with van der Waals surface area (Å²) in [6.45, 7) is 4.38. The average Bonchev–Trinajstić information content (AvgIpc) is 3.91. The molecule has 6 heteroatoms. The van der Waals surface area contributed by atoms with E-state index in [0.717, 1.165) is 83.3 Å². The molecule has 0 saturated heterocycles. The third-order valence-corrected chi connectivity index (χ3v) is 11.0. The number of aryl methyl sites for hydroxylation is 2. The first-order chi connectivity index (χ1) is 27.1. The molecule has 11 rings (SSSR count). The molecule has 0 aliphatic heterocycles. The third-order valence-electron chi connectivity index (χ3n) is 11.0. The van der Waals surface area contributed by atoms with Gasteiger partial charge in [0.05, 0.1) is 11.0 Å². The zero-order valence-electron chi connectivity index (χ0n) is 30.6. The summed E-state index contributed by atoms with van der Waals surface area (Å²) in [5.41, 5.74) is 15.0. The van der Waals surface area contributed by atoms with Gasteiger partial charge in [0.15, 0.2) is 0 Å². The number of para-hydroxylation sites is 4. The molecular weight excluding hydrogens is 866 g/mol. The molecule has 0 aliphatic carbocycles. The summed E-state index contributed by atoms with van der Waals surface area (Å²) in [7, 11) is 0. The molecular formula is C50H33N5Pt. The summed E-state index contributed by atoms with van der Waals surface area (Å²) in [5, 5.41) is 4.57. The minimum absolute atomic E-state index is 0. The van der Waals surface area contributed by atoms with E-state index in [1.165, 1.54) is 27.6 Å². The Kier molecular flexibility index (Phi) is 8.09. The van der Waals surface area contributed by atoms with E-state index < -0.39 is 0 Å². The smallest absolute Gasteiger partial charge is 0.656 e. The molecule has 0 saturated carbocycles. The van der Waals surface area contributed by atoms with Gasteiger partial charge in [0, 0.05) is 23.0 Å². The number of hydrogen-bond donors (Lipinski definition) is 0. The third kappa shape index (κ3) is 5.19. The Hall–Kier alpha value is -6.55. The first-order valence-corrected chi connectivity index (χ1v) is 18.6. The number of nitrogens with zero attached hydrogens (tertiary/aromatic N) is 5. The van der Waals surface area contributed by atoms with Crippen LogP contribution in [-0.2, 0) is 21.1 Å². The van der Waals surface area contributed by atoms with Crippen LogP contribution < -0.4 is 4.98 Å². The van der Waals surface area contributed by atoms with Gasteiger partial charge < -0.3 is 9.55 Å². The van der Waals surface area contributed by atoms with Gasteiger partial charge in [-0.15, -0.1) is 34.8 Å². The molecule has 0 radical (unpaired) electrons. The minimum atomic E-state index is 0. The maximum absolute atomic E-state index is 5.50. The molecule has 0 amide bonds. The number of fused-ring (bicyclic) bond motifs is 7. The van der Waals surface area contributed by atoms with Gasteiger partial charge in [-0.05, 0) is 94.2 Å². The SMILES string of the molecule is Cc1cccc(C)c1-c1ccc2c(c1)c1ccc(-c3cccc4c3nc(-c3cccc5c3[n-]c3ccccc35)n4-c3ccccc3)[c-]c1n2-c1ccccn1.[Pt+2]. The van der Waals surface area contributed by atoms with Gasteiger partial charge in [0.2, 0.25) is 0 Å². The molecule has 0 unspecified atom stereocenters. The maximum atomic E-state index is 5.50. The molecule has 0 bridgehead atoms. The second-order valence-corrected chi connectivity index (χ2v) is 14.3. The molecule has 0 aliphatic rings. The van der Waals surface area contributed by atoms with E-state index in [1.54, 1.807) is 0 Å². The van der Waals surface area contributed by atoms with Crippen molar-refractivity contribution in [2.45, 2.75) is 13.8 Å². The summed E-state index contributed by atoms with van der Waals surface area (Å²) in [5.74, 6) is 1.71.